The third-order valence-corrected chi connectivity index (χ3v) is 4.47. The predicted octanol–water partition coefficient (Wildman–Crippen LogP) is 3.67. The molecule has 0 saturated heterocycles. The Kier molecular flexibility index (Phi) is 4.09. The number of rotatable bonds is 3. The Bertz CT molecular complexity index is 705. The highest BCUT2D eigenvalue weighted by molar-refractivity contribution is 6.03. The quantitative estimate of drug-likeness (QED) is 0.908. The molecule has 0 aromatic heterocycles. The van der Waals surface area contributed by atoms with Crippen LogP contribution in [0.2, 0.25) is 0 Å². The van der Waals surface area contributed by atoms with Crippen molar-refractivity contribution in [2.75, 3.05) is 5.32 Å². The first-order valence-corrected chi connectivity index (χ1v) is 7.68. The molecule has 1 aliphatic rings. The summed E-state index contributed by atoms with van der Waals surface area (Å²) in [5.74, 6) is -2.05. The van der Waals surface area contributed by atoms with Crippen LogP contribution in [-0.4, -0.2) is 17.0 Å². The molecule has 2 N–H and O–H groups in total. The van der Waals surface area contributed by atoms with Crippen LogP contribution in [0.5, 0.6) is 0 Å². The monoisotopic (exact) mass is 297 g/mol. The zero-order valence-electron chi connectivity index (χ0n) is 12.3. The molecule has 0 aliphatic heterocycles. The number of amides is 1. The van der Waals surface area contributed by atoms with Crippen molar-refractivity contribution in [1.29, 1.82) is 0 Å². The molecule has 0 radical (unpaired) electrons. The van der Waals surface area contributed by atoms with Gasteiger partial charge in [-0.3, -0.25) is 9.59 Å². The number of carboxylic acids is 1. The van der Waals surface area contributed by atoms with Crippen molar-refractivity contribution in [3.63, 3.8) is 0 Å². The van der Waals surface area contributed by atoms with Crippen LogP contribution in [0.1, 0.15) is 25.7 Å². The van der Waals surface area contributed by atoms with Gasteiger partial charge < -0.3 is 10.4 Å². The fourth-order valence-corrected chi connectivity index (χ4v) is 3.30. The lowest BCUT2D eigenvalue weighted by atomic mass is 9.78. The Morgan fingerprint density at radius 2 is 1.64 bits per heavy atom. The van der Waals surface area contributed by atoms with Gasteiger partial charge in [0.1, 0.15) is 0 Å². The summed E-state index contributed by atoms with van der Waals surface area (Å²) in [7, 11) is 0. The van der Waals surface area contributed by atoms with E-state index in [1.807, 2.05) is 42.5 Å². The maximum Gasteiger partial charge on any atom is 0.307 e. The van der Waals surface area contributed by atoms with Crippen molar-refractivity contribution in [2.45, 2.75) is 25.7 Å². The topological polar surface area (TPSA) is 66.4 Å². The molecule has 2 atom stereocenters. The number of nitrogens with one attached hydrogen (secondary N) is 1. The largest absolute Gasteiger partial charge is 0.481 e. The lowest BCUT2D eigenvalue weighted by Crippen LogP contribution is -2.36. The van der Waals surface area contributed by atoms with E-state index in [0.717, 1.165) is 29.3 Å². The number of carbonyl (C=O) groups excluding carboxylic acids is 1. The Hall–Kier alpha value is -2.36. The molecule has 2 aromatic rings. The second-order valence-electron chi connectivity index (χ2n) is 5.85. The van der Waals surface area contributed by atoms with Gasteiger partial charge in [-0.05, 0) is 24.3 Å². The van der Waals surface area contributed by atoms with Gasteiger partial charge in [0.25, 0.3) is 0 Å². The normalized spacial score (nSPS) is 21.5. The summed E-state index contributed by atoms with van der Waals surface area (Å²) < 4.78 is 0. The summed E-state index contributed by atoms with van der Waals surface area (Å²) in [6, 6.07) is 13.6. The van der Waals surface area contributed by atoms with Crippen molar-refractivity contribution in [2.24, 2.45) is 11.8 Å². The van der Waals surface area contributed by atoms with Gasteiger partial charge in [0.2, 0.25) is 5.91 Å². The number of aliphatic carboxylic acids is 1. The maximum absolute atomic E-state index is 12.6. The molecule has 4 nitrogen and oxygen atoms in total. The maximum atomic E-state index is 12.6. The Balaban J connectivity index is 1.85. The minimum absolute atomic E-state index is 0.177. The van der Waals surface area contributed by atoms with Crippen molar-refractivity contribution >= 4 is 28.3 Å². The average Bonchev–Trinajstić information content (AvgIpc) is 2.55. The lowest BCUT2D eigenvalue weighted by molar-refractivity contribution is -0.147. The number of hydrogen-bond donors (Lipinski definition) is 2. The van der Waals surface area contributed by atoms with Crippen molar-refractivity contribution in [3.8, 4) is 0 Å². The van der Waals surface area contributed by atoms with Crippen LogP contribution in [-0.2, 0) is 9.59 Å². The molecule has 1 amide bonds. The molecule has 0 unspecified atom stereocenters. The third-order valence-electron chi connectivity index (χ3n) is 4.47. The fourth-order valence-electron chi connectivity index (χ4n) is 3.30. The molecule has 0 spiro atoms. The number of anilines is 1. The van der Waals surface area contributed by atoms with Gasteiger partial charge in [0, 0.05) is 11.1 Å². The Labute approximate surface area is 129 Å². The first kappa shape index (κ1) is 14.6. The summed E-state index contributed by atoms with van der Waals surface area (Å²) in [5, 5.41) is 14.3. The molecule has 0 bridgehead atoms. The average molecular weight is 297 g/mol. The highest BCUT2D eigenvalue weighted by Gasteiger charge is 2.35. The highest BCUT2D eigenvalue weighted by atomic mass is 16.4. The van der Waals surface area contributed by atoms with Crippen molar-refractivity contribution < 1.29 is 14.7 Å². The Morgan fingerprint density at radius 1 is 0.955 bits per heavy atom. The van der Waals surface area contributed by atoms with Gasteiger partial charge in [-0.25, -0.2) is 0 Å². The van der Waals surface area contributed by atoms with E-state index in [9.17, 15) is 14.7 Å². The molecule has 4 heteroatoms. The van der Waals surface area contributed by atoms with Gasteiger partial charge in [0.15, 0.2) is 0 Å². The first-order valence-electron chi connectivity index (χ1n) is 7.68. The molecule has 22 heavy (non-hydrogen) atoms. The number of carboxylic acid groups (broad SMARTS) is 1. The number of hydrogen-bond acceptors (Lipinski definition) is 2. The van der Waals surface area contributed by atoms with Crippen LogP contribution in [0.15, 0.2) is 42.5 Å². The van der Waals surface area contributed by atoms with E-state index in [-0.39, 0.29) is 5.91 Å². The molecule has 1 fully saturated rings. The molecular weight excluding hydrogens is 278 g/mol. The predicted molar refractivity (Wildman–Crippen MR) is 85.7 cm³/mol. The van der Waals surface area contributed by atoms with Gasteiger partial charge in [0.05, 0.1) is 11.8 Å². The molecule has 2 aromatic carbocycles. The smallest absolute Gasteiger partial charge is 0.307 e. The molecule has 3 rings (SSSR count). The lowest BCUT2D eigenvalue weighted by Gasteiger charge is -2.27. The van der Waals surface area contributed by atoms with E-state index in [0.29, 0.717) is 12.8 Å². The zero-order chi connectivity index (χ0) is 15.5. The van der Waals surface area contributed by atoms with Crippen molar-refractivity contribution in [1.82, 2.24) is 0 Å². The van der Waals surface area contributed by atoms with E-state index in [4.69, 9.17) is 0 Å². The number of benzene rings is 2. The van der Waals surface area contributed by atoms with Crippen LogP contribution in [0, 0.1) is 11.8 Å². The van der Waals surface area contributed by atoms with Gasteiger partial charge in [-0.15, -0.1) is 0 Å². The van der Waals surface area contributed by atoms with E-state index in [1.165, 1.54) is 0 Å². The van der Waals surface area contributed by atoms with E-state index >= 15 is 0 Å². The number of carbonyl (C=O) groups is 2. The second kappa shape index (κ2) is 6.18. The number of fused-ring (bicyclic) bond motifs is 1. The minimum Gasteiger partial charge on any atom is -0.481 e. The summed E-state index contributed by atoms with van der Waals surface area (Å²) in [5.41, 5.74) is 0.748. The Morgan fingerprint density at radius 3 is 2.41 bits per heavy atom. The summed E-state index contributed by atoms with van der Waals surface area (Å²) in [4.78, 5) is 23.9. The van der Waals surface area contributed by atoms with Crippen molar-refractivity contribution in [3.05, 3.63) is 42.5 Å². The minimum atomic E-state index is -0.863. The molecule has 1 saturated carbocycles. The standard InChI is InChI=1S/C18H19NO3/c20-17(14-9-3-4-10-15(14)18(21)22)19-16-11-5-7-12-6-1-2-8-13(12)16/h1-2,5-8,11,14-15H,3-4,9-10H2,(H,19,20)(H,21,22)/t14-,15+/m0/s1. The second-order valence-corrected chi connectivity index (χ2v) is 5.85. The van der Waals surface area contributed by atoms with Crippen LogP contribution < -0.4 is 5.32 Å². The fraction of sp³-hybridized carbons (Fsp3) is 0.333. The molecule has 1 aliphatic carbocycles. The summed E-state index contributed by atoms with van der Waals surface area (Å²) in [6.45, 7) is 0. The summed E-state index contributed by atoms with van der Waals surface area (Å²) in [6.07, 6.45) is 3.03. The third kappa shape index (κ3) is 2.82. The molecular formula is C18H19NO3. The zero-order valence-corrected chi connectivity index (χ0v) is 12.3. The van der Waals surface area contributed by atoms with Crippen LogP contribution in [0.25, 0.3) is 10.8 Å². The first-order chi connectivity index (χ1) is 10.7. The molecule has 114 valence electrons. The van der Waals surface area contributed by atoms with Gasteiger partial charge in [-0.1, -0.05) is 49.2 Å². The van der Waals surface area contributed by atoms with Gasteiger partial charge in [-0.2, -0.15) is 0 Å². The van der Waals surface area contributed by atoms with Gasteiger partial charge >= 0.3 is 5.97 Å². The highest BCUT2D eigenvalue weighted by Crippen LogP contribution is 2.32. The van der Waals surface area contributed by atoms with E-state index < -0.39 is 17.8 Å². The van der Waals surface area contributed by atoms with Crippen LogP contribution >= 0.6 is 0 Å². The molecule has 0 heterocycles. The SMILES string of the molecule is O=C(Nc1cccc2ccccc12)[C@H]1CCCC[C@H]1C(=O)O. The van der Waals surface area contributed by atoms with Crippen LogP contribution in [0.4, 0.5) is 5.69 Å². The van der Waals surface area contributed by atoms with E-state index in [2.05, 4.69) is 5.32 Å². The van der Waals surface area contributed by atoms with E-state index in [1.54, 1.807) is 0 Å². The van der Waals surface area contributed by atoms with Crippen LogP contribution in [0.3, 0.4) is 0 Å². The summed E-state index contributed by atoms with van der Waals surface area (Å²) >= 11 is 0.